The van der Waals surface area contributed by atoms with Gasteiger partial charge in [-0.05, 0) is 12.5 Å². The van der Waals surface area contributed by atoms with Crippen LogP contribution in [-0.4, -0.2) is 30.0 Å². The molecular weight excluding hydrogens is 204 g/mol. The summed E-state index contributed by atoms with van der Waals surface area (Å²) < 4.78 is 10.5. The quantitative estimate of drug-likeness (QED) is 0.682. The molecule has 0 fully saturated rings. The summed E-state index contributed by atoms with van der Waals surface area (Å²) in [5.74, 6) is 0.467. The van der Waals surface area contributed by atoms with Crippen molar-refractivity contribution in [2.75, 3.05) is 19.8 Å². The van der Waals surface area contributed by atoms with Crippen LogP contribution in [0.15, 0.2) is 12.1 Å². The minimum Gasteiger partial charge on any atom is -0.474 e. The van der Waals surface area contributed by atoms with E-state index in [1.807, 2.05) is 0 Å². The van der Waals surface area contributed by atoms with E-state index in [4.69, 9.17) is 21.1 Å². The lowest BCUT2D eigenvalue weighted by Gasteiger charge is -2.04. The number of hydrogen-bond acceptors (Lipinski definition) is 4. The van der Waals surface area contributed by atoms with Crippen molar-refractivity contribution in [1.82, 2.24) is 10.2 Å². The molecule has 1 rings (SSSR count). The third-order valence-corrected chi connectivity index (χ3v) is 1.64. The van der Waals surface area contributed by atoms with Gasteiger partial charge in [0.1, 0.15) is 6.61 Å². The van der Waals surface area contributed by atoms with Crippen LogP contribution < -0.4 is 4.74 Å². The van der Waals surface area contributed by atoms with Crippen molar-refractivity contribution in [3.05, 3.63) is 17.3 Å². The van der Waals surface area contributed by atoms with Crippen LogP contribution in [0.2, 0.25) is 5.15 Å². The highest BCUT2D eigenvalue weighted by molar-refractivity contribution is 6.29. The Bertz CT molecular complexity index is 253. The molecule has 4 nitrogen and oxygen atoms in total. The van der Waals surface area contributed by atoms with Crippen LogP contribution in [0.4, 0.5) is 0 Å². The second-order valence-electron chi connectivity index (χ2n) is 2.66. The Morgan fingerprint density at radius 1 is 1.21 bits per heavy atom. The lowest BCUT2D eigenvalue weighted by atomic mass is 10.5. The zero-order valence-corrected chi connectivity index (χ0v) is 8.83. The molecule has 1 aromatic rings. The van der Waals surface area contributed by atoms with Gasteiger partial charge in [-0.3, -0.25) is 0 Å². The summed E-state index contributed by atoms with van der Waals surface area (Å²) in [5.41, 5.74) is 0. The van der Waals surface area contributed by atoms with Crippen LogP contribution in [0.1, 0.15) is 13.3 Å². The molecule has 0 aromatic carbocycles. The lowest BCUT2D eigenvalue weighted by Crippen LogP contribution is -2.08. The van der Waals surface area contributed by atoms with Gasteiger partial charge in [0.05, 0.1) is 6.61 Å². The summed E-state index contributed by atoms with van der Waals surface area (Å²) in [6.07, 6.45) is 1.01. The van der Waals surface area contributed by atoms with Crippen molar-refractivity contribution in [3.63, 3.8) is 0 Å². The predicted octanol–water partition coefficient (Wildman–Crippen LogP) is 1.94. The zero-order valence-electron chi connectivity index (χ0n) is 8.07. The Morgan fingerprint density at radius 3 is 2.71 bits per heavy atom. The molecule has 0 N–H and O–H groups in total. The van der Waals surface area contributed by atoms with Crippen LogP contribution in [0.5, 0.6) is 5.88 Å². The summed E-state index contributed by atoms with van der Waals surface area (Å²) in [7, 11) is 0. The van der Waals surface area contributed by atoms with Gasteiger partial charge in [0.2, 0.25) is 5.88 Å². The maximum atomic E-state index is 5.56. The first kappa shape index (κ1) is 11.2. The molecule has 0 amide bonds. The fourth-order valence-electron chi connectivity index (χ4n) is 0.832. The Balaban J connectivity index is 2.15. The van der Waals surface area contributed by atoms with Gasteiger partial charge in [0, 0.05) is 12.7 Å². The second kappa shape index (κ2) is 6.56. The van der Waals surface area contributed by atoms with E-state index in [9.17, 15) is 0 Å². The van der Waals surface area contributed by atoms with Crippen LogP contribution in [0.3, 0.4) is 0 Å². The molecule has 0 spiro atoms. The topological polar surface area (TPSA) is 44.2 Å². The maximum Gasteiger partial charge on any atom is 0.233 e. The molecule has 1 aromatic heterocycles. The molecule has 0 saturated carbocycles. The van der Waals surface area contributed by atoms with Crippen molar-refractivity contribution in [2.24, 2.45) is 0 Å². The third kappa shape index (κ3) is 4.39. The van der Waals surface area contributed by atoms with Gasteiger partial charge in [0.15, 0.2) is 5.15 Å². The van der Waals surface area contributed by atoms with Gasteiger partial charge in [-0.15, -0.1) is 10.2 Å². The number of rotatable bonds is 6. The van der Waals surface area contributed by atoms with E-state index in [0.717, 1.165) is 13.0 Å². The van der Waals surface area contributed by atoms with Crippen molar-refractivity contribution in [3.8, 4) is 5.88 Å². The van der Waals surface area contributed by atoms with Crippen molar-refractivity contribution < 1.29 is 9.47 Å². The lowest BCUT2D eigenvalue weighted by molar-refractivity contribution is 0.0986. The molecule has 14 heavy (non-hydrogen) atoms. The average molecular weight is 217 g/mol. The van der Waals surface area contributed by atoms with E-state index in [2.05, 4.69) is 17.1 Å². The molecule has 0 aliphatic carbocycles. The molecule has 0 bridgehead atoms. The number of ether oxygens (including phenoxy) is 2. The van der Waals surface area contributed by atoms with Gasteiger partial charge in [-0.2, -0.15) is 0 Å². The Morgan fingerprint density at radius 2 is 2.07 bits per heavy atom. The molecule has 1 heterocycles. The number of halogens is 1. The summed E-state index contributed by atoms with van der Waals surface area (Å²) in [6, 6.07) is 3.31. The molecule has 0 radical (unpaired) electrons. The Hall–Kier alpha value is -0.870. The van der Waals surface area contributed by atoms with Crippen LogP contribution in [0.25, 0.3) is 0 Å². The maximum absolute atomic E-state index is 5.56. The number of nitrogens with zero attached hydrogens (tertiary/aromatic N) is 2. The summed E-state index contributed by atoms with van der Waals surface area (Å²) in [4.78, 5) is 0. The number of aromatic nitrogens is 2. The highest BCUT2D eigenvalue weighted by Crippen LogP contribution is 2.07. The summed E-state index contributed by atoms with van der Waals surface area (Å²) in [5, 5.41) is 7.74. The smallest absolute Gasteiger partial charge is 0.233 e. The molecule has 0 unspecified atom stereocenters. The SMILES string of the molecule is CCCOCCOc1ccc(Cl)nn1. The van der Waals surface area contributed by atoms with E-state index in [1.54, 1.807) is 12.1 Å². The van der Waals surface area contributed by atoms with Gasteiger partial charge in [-0.25, -0.2) is 0 Å². The Labute approximate surface area is 88.2 Å². The van der Waals surface area contributed by atoms with E-state index in [0.29, 0.717) is 24.2 Å². The third-order valence-electron chi connectivity index (χ3n) is 1.43. The van der Waals surface area contributed by atoms with E-state index in [-0.39, 0.29) is 0 Å². The monoisotopic (exact) mass is 216 g/mol. The first-order valence-corrected chi connectivity index (χ1v) is 4.90. The molecular formula is C9H13ClN2O2. The minimum atomic E-state index is 0.361. The largest absolute Gasteiger partial charge is 0.474 e. The van der Waals surface area contributed by atoms with E-state index < -0.39 is 0 Å². The first-order valence-electron chi connectivity index (χ1n) is 4.52. The van der Waals surface area contributed by atoms with Crippen molar-refractivity contribution in [2.45, 2.75) is 13.3 Å². The van der Waals surface area contributed by atoms with E-state index in [1.165, 1.54) is 0 Å². The highest BCUT2D eigenvalue weighted by Gasteiger charge is 1.95. The normalized spacial score (nSPS) is 10.1. The van der Waals surface area contributed by atoms with Crippen LogP contribution in [-0.2, 0) is 4.74 Å². The summed E-state index contributed by atoms with van der Waals surface area (Å²) >= 11 is 5.56. The first-order chi connectivity index (χ1) is 6.83. The fraction of sp³-hybridized carbons (Fsp3) is 0.556. The van der Waals surface area contributed by atoms with Crippen LogP contribution >= 0.6 is 11.6 Å². The predicted molar refractivity (Wildman–Crippen MR) is 53.6 cm³/mol. The fourth-order valence-corrected chi connectivity index (χ4v) is 0.933. The highest BCUT2D eigenvalue weighted by atomic mass is 35.5. The van der Waals surface area contributed by atoms with Gasteiger partial charge in [-0.1, -0.05) is 18.5 Å². The molecule has 78 valence electrons. The van der Waals surface area contributed by atoms with Crippen LogP contribution in [0, 0.1) is 0 Å². The zero-order chi connectivity index (χ0) is 10.2. The average Bonchev–Trinajstić information content (AvgIpc) is 2.21. The molecule has 0 aliphatic rings. The van der Waals surface area contributed by atoms with Crippen molar-refractivity contribution in [1.29, 1.82) is 0 Å². The van der Waals surface area contributed by atoms with Gasteiger partial charge >= 0.3 is 0 Å². The van der Waals surface area contributed by atoms with Gasteiger partial charge < -0.3 is 9.47 Å². The summed E-state index contributed by atoms with van der Waals surface area (Å²) in [6.45, 7) is 3.87. The molecule has 0 atom stereocenters. The van der Waals surface area contributed by atoms with E-state index >= 15 is 0 Å². The molecule has 0 saturated heterocycles. The Kier molecular flexibility index (Phi) is 5.25. The van der Waals surface area contributed by atoms with Crippen molar-refractivity contribution >= 4 is 11.6 Å². The number of hydrogen-bond donors (Lipinski definition) is 0. The van der Waals surface area contributed by atoms with Gasteiger partial charge in [0.25, 0.3) is 0 Å². The molecule has 5 heteroatoms. The standard InChI is InChI=1S/C9H13ClN2O2/c1-2-5-13-6-7-14-9-4-3-8(10)11-12-9/h3-4H,2,5-7H2,1H3. The minimum absolute atomic E-state index is 0.361. The molecule has 0 aliphatic heterocycles. The second-order valence-corrected chi connectivity index (χ2v) is 3.04.